The van der Waals surface area contributed by atoms with E-state index in [4.69, 9.17) is 21.1 Å². The van der Waals surface area contributed by atoms with Crippen molar-refractivity contribution in [1.29, 1.82) is 0 Å². The molecule has 0 aliphatic rings. The molecular weight excluding hydrogens is 484 g/mol. The number of aromatic nitrogens is 3. The molecule has 0 saturated carbocycles. The topological polar surface area (TPSA) is 78.3 Å². The number of amides is 1. The van der Waals surface area contributed by atoms with E-state index < -0.39 is 0 Å². The number of nitrogens with zero attached hydrogens (tertiary/aromatic N) is 3. The fourth-order valence-corrected chi connectivity index (χ4v) is 4.35. The molecule has 7 nitrogen and oxygen atoms in total. The largest absolute Gasteiger partial charge is 0.497 e. The molecule has 4 aromatic rings. The third kappa shape index (κ3) is 6.15. The number of methoxy groups -OCH3 is 1. The van der Waals surface area contributed by atoms with Crippen LogP contribution in [-0.4, -0.2) is 33.5 Å². The molecule has 0 radical (unpaired) electrons. The van der Waals surface area contributed by atoms with E-state index in [-0.39, 0.29) is 18.3 Å². The predicted octanol–water partition coefficient (Wildman–Crippen LogP) is 5.86. The minimum Gasteiger partial charge on any atom is -0.497 e. The van der Waals surface area contributed by atoms with Gasteiger partial charge in [-0.05, 0) is 55.3 Å². The third-order valence-electron chi connectivity index (χ3n) is 5.17. The van der Waals surface area contributed by atoms with Gasteiger partial charge in [0.2, 0.25) is 5.91 Å². The van der Waals surface area contributed by atoms with Gasteiger partial charge in [0.25, 0.3) is 0 Å². The average Bonchev–Trinajstić information content (AvgIpc) is 3.27. The summed E-state index contributed by atoms with van der Waals surface area (Å²) < 4.78 is 13.2. The van der Waals surface area contributed by atoms with E-state index >= 15 is 0 Å². The quantitative estimate of drug-likeness (QED) is 0.285. The van der Waals surface area contributed by atoms with Crippen molar-refractivity contribution in [2.24, 2.45) is 0 Å². The number of aryl methyl sites for hydroxylation is 2. The number of hydrogen-bond acceptors (Lipinski definition) is 6. The van der Waals surface area contributed by atoms with E-state index in [0.717, 1.165) is 22.6 Å². The normalized spacial score (nSPS) is 10.7. The summed E-state index contributed by atoms with van der Waals surface area (Å²) in [5, 5.41) is 12.6. The molecule has 4 rings (SSSR count). The van der Waals surface area contributed by atoms with Gasteiger partial charge in [0, 0.05) is 6.07 Å². The van der Waals surface area contributed by atoms with Crippen molar-refractivity contribution in [2.75, 3.05) is 18.2 Å². The van der Waals surface area contributed by atoms with Gasteiger partial charge in [0.15, 0.2) is 11.0 Å². The zero-order valence-electron chi connectivity index (χ0n) is 19.6. The summed E-state index contributed by atoms with van der Waals surface area (Å²) in [6.07, 6.45) is 0. The summed E-state index contributed by atoms with van der Waals surface area (Å²) in [6, 6.07) is 20.9. The zero-order valence-corrected chi connectivity index (χ0v) is 21.2. The number of thioether (sulfide) groups is 1. The summed E-state index contributed by atoms with van der Waals surface area (Å²) in [5.74, 6) is 1.98. The van der Waals surface area contributed by atoms with Crippen LogP contribution < -0.4 is 14.8 Å². The first-order chi connectivity index (χ1) is 16.9. The van der Waals surface area contributed by atoms with Gasteiger partial charge >= 0.3 is 0 Å². The highest BCUT2D eigenvalue weighted by atomic mass is 35.5. The Kier molecular flexibility index (Phi) is 7.94. The standard InChI is InChI=1S/C26H25ClN4O3S/c1-17-7-4-11-21(13-17)34-15-23-29-30-26(31(23)19-9-6-10-20(14-19)33-3)35-16-24(32)28-22-12-5-8-18(2)25(22)27/h4-14H,15-16H2,1-3H3,(H,28,32). The van der Waals surface area contributed by atoms with Gasteiger partial charge in [-0.3, -0.25) is 9.36 Å². The molecule has 0 aliphatic carbocycles. The number of hydrogen-bond donors (Lipinski definition) is 1. The maximum absolute atomic E-state index is 12.7. The molecule has 35 heavy (non-hydrogen) atoms. The first-order valence-corrected chi connectivity index (χ1v) is 12.3. The first-order valence-electron chi connectivity index (χ1n) is 10.9. The lowest BCUT2D eigenvalue weighted by molar-refractivity contribution is -0.113. The molecule has 180 valence electrons. The maximum atomic E-state index is 12.7. The highest BCUT2D eigenvalue weighted by Gasteiger charge is 2.18. The van der Waals surface area contributed by atoms with Gasteiger partial charge in [0.05, 0.1) is 29.3 Å². The van der Waals surface area contributed by atoms with Crippen LogP contribution in [0.1, 0.15) is 17.0 Å². The van der Waals surface area contributed by atoms with Gasteiger partial charge in [0.1, 0.15) is 18.1 Å². The lowest BCUT2D eigenvalue weighted by Crippen LogP contribution is -2.15. The molecule has 9 heteroatoms. The van der Waals surface area contributed by atoms with Gasteiger partial charge < -0.3 is 14.8 Å². The Morgan fingerprint density at radius 3 is 2.60 bits per heavy atom. The summed E-state index contributed by atoms with van der Waals surface area (Å²) in [4.78, 5) is 12.7. The monoisotopic (exact) mass is 508 g/mol. The van der Waals surface area contributed by atoms with Crippen molar-refractivity contribution >= 4 is 35.0 Å². The third-order valence-corrected chi connectivity index (χ3v) is 6.60. The van der Waals surface area contributed by atoms with Crippen molar-refractivity contribution in [3.8, 4) is 17.2 Å². The Morgan fingerprint density at radius 2 is 1.80 bits per heavy atom. The van der Waals surface area contributed by atoms with E-state index in [9.17, 15) is 4.79 Å². The van der Waals surface area contributed by atoms with Crippen LogP contribution in [0.15, 0.2) is 71.9 Å². The Labute approximate surface area is 213 Å². The Bertz CT molecular complexity index is 1340. The highest BCUT2D eigenvalue weighted by Crippen LogP contribution is 2.28. The van der Waals surface area contributed by atoms with Crippen LogP contribution >= 0.6 is 23.4 Å². The fraction of sp³-hybridized carbons (Fsp3) is 0.192. The van der Waals surface area contributed by atoms with Crippen LogP contribution in [0.3, 0.4) is 0 Å². The van der Waals surface area contributed by atoms with E-state index in [1.54, 1.807) is 13.2 Å². The summed E-state index contributed by atoms with van der Waals surface area (Å²) in [7, 11) is 1.61. The molecule has 0 unspecified atom stereocenters. The van der Waals surface area contributed by atoms with Crippen LogP contribution in [0.5, 0.6) is 11.5 Å². The SMILES string of the molecule is COc1cccc(-n2c(COc3cccc(C)c3)nnc2SCC(=O)Nc2cccc(C)c2Cl)c1. The Balaban J connectivity index is 1.55. The van der Waals surface area contributed by atoms with Gasteiger partial charge in [-0.2, -0.15) is 0 Å². The number of carbonyl (C=O) groups is 1. The average molecular weight is 509 g/mol. The zero-order chi connectivity index (χ0) is 24.8. The molecule has 1 heterocycles. The molecule has 0 saturated heterocycles. The molecule has 3 aromatic carbocycles. The van der Waals surface area contributed by atoms with Gasteiger partial charge in [-0.15, -0.1) is 10.2 Å². The molecule has 1 aromatic heterocycles. The number of nitrogens with one attached hydrogen (secondary N) is 1. The lowest BCUT2D eigenvalue weighted by atomic mass is 10.2. The van der Waals surface area contributed by atoms with E-state index in [1.165, 1.54) is 11.8 Å². The minimum absolute atomic E-state index is 0.130. The van der Waals surface area contributed by atoms with Crippen LogP contribution in [0.4, 0.5) is 5.69 Å². The van der Waals surface area contributed by atoms with E-state index in [2.05, 4.69) is 15.5 Å². The summed E-state index contributed by atoms with van der Waals surface area (Å²) in [6.45, 7) is 4.11. The van der Waals surface area contributed by atoms with Crippen LogP contribution in [0, 0.1) is 13.8 Å². The van der Waals surface area contributed by atoms with Crippen molar-refractivity contribution in [3.63, 3.8) is 0 Å². The first kappa shape index (κ1) is 24.6. The second-order valence-electron chi connectivity index (χ2n) is 7.81. The molecule has 0 spiro atoms. The molecule has 0 atom stereocenters. The maximum Gasteiger partial charge on any atom is 0.234 e. The number of benzene rings is 3. The summed E-state index contributed by atoms with van der Waals surface area (Å²) in [5.41, 5.74) is 3.39. The van der Waals surface area contributed by atoms with Crippen LogP contribution in [0.25, 0.3) is 5.69 Å². The number of anilines is 1. The second kappa shape index (κ2) is 11.3. The molecular formula is C26H25ClN4O3S. The van der Waals surface area contributed by atoms with E-state index in [1.807, 2.05) is 79.1 Å². The number of carbonyl (C=O) groups excluding carboxylic acids is 1. The number of rotatable bonds is 9. The molecule has 0 fully saturated rings. The molecule has 0 aliphatic heterocycles. The van der Waals surface area contributed by atoms with Crippen molar-refractivity contribution < 1.29 is 14.3 Å². The number of ether oxygens (including phenoxy) is 2. The predicted molar refractivity (Wildman–Crippen MR) is 139 cm³/mol. The van der Waals surface area contributed by atoms with Gasteiger partial charge in [-0.25, -0.2) is 0 Å². The Morgan fingerprint density at radius 1 is 1.03 bits per heavy atom. The van der Waals surface area contributed by atoms with Crippen LogP contribution in [0.2, 0.25) is 5.02 Å². The van der Waals surface area contributed by atoms with Crippen molar-refractivity contribution in [1.82, 2.24) is 14.8 Å². The Hall–Kier alpha value is -3.49. The number of halogens is 1. The fourth-order valence-electron chi connectivity index (χ4n) is 3.41. The van der Waals surface area contributed by atoms with Crippen molar-refractivity contribution in [3.05, 3.63) is 88.7 Å². The lowest BCUT2D eigenvalue weighted by Gasteiger charge is -2.13. The van der Waals surface area contributed by atoms with Crippen LogP contribution in [-0.2, 0) is 11.4 Å². The smallest absolute Gasteiger partial charge is 0.234 e. The second-order valence-corrected chi connectivity index (χ2v) is 9.13. The summed E-state index contributed by atoms with van der Waals surface area (Å²) >= 11 is 7.59. The molecule has 1 N–H and O–H groups in total. The molecule has 1 amide bonds. The molecule has 0 bridgehead atoms. The minimum atomic E-state index is -0.194. The van der Waals surface area contributed by atoms with E-state index in [0.29, 0.717) is 27.4 Å². The van der Waals surface area contributed by atoms with Gasteiger partial charge in [-0.1, -0.05) is 53.7 Å². The van der Waals surface area contributed by atoms with Crippen molar-refractivity contribution in [2.45, 2.75) is 25.6 Å². The highest BCUT2D eigenvalue weighted by molar-refractivity contribution is 7.99.